The summed E-state index contributed by atoms with van der Waals surface area (Å²) in [6.45, 7) is 4.53. The van der Waals surface area contributed by atoms with E-state index in [2.05, 4.69) is 74.5 Å². The van der Waals surface area contributed by atoms with Crippen LogP contribution in [0.1, 0.15) is 54.4 Å². The molecule has 1 nitrogen and oxygen atoms in total. The van der Waals surface area contributed by atoms with Crippen LogP contribution in [0.4, 0.5) is 0 Å². The summed E-state index contributed by atoms with van der Waals surface area (Å²) in [4.78, 5) is 0. The van der Waals surface area contributed by atoms with E-state index in [0.717, 1.165) is 12.8 Å². The zero-order chi connectivity index (χ0) is 16.7. The largest absolute Gasteiger partial charge is 0.324 e. The first kappa shape index (κ1) is 15.4. The zero-order valence-corrected chi connectivity index (χ0v) is 14.5. The predicted molar refractivity (Wildman–Crippen MR) is 102 cm³/mol. The Morgan fingerprint density at radius 1 is 1.04 bits per heavy atom. The minimum absolute atomic E-state index is 0.145. The fraction of sp³-hybridized carbons (Fsp3) is 0.304. The maximum absolute atomic E-state index is 6.24. The van der Waals surface area contributed by atoms with Crippen molar-refractivity contribution in [3.63, 3.8) is 0 Å². The normalized spacial score (nSPS) is 22.5. The van der Waals surface area contributed by atoms with E-state index >= 15 is 0 Å². The van der Waals surface area contributed by atoms with Crippen molar-refractivity contribution in [2.45, 2.75) is 44.6 Å². The van der Waals surface area contributed by atoms with E-state index in [-0.39, 0.29) is 6.04 Å². The number of hydrogen-bond acceptors (Lipinski definition) is 1. The maximum Gasteiger partial charge on any atom is 0.0265 e. The highest BCUT2D eigenvalue weighted by Crippen LogP contribution is 2.46. The van der Waals surface area contributed by atoms with E-state index < -0.39 is 0 Å². The average Bonchev–Trinajstić information content (AvgIpc) is 2.61. The molecule has 0 bridgehead atoms. The van der Waals surface area contributed by atoms with Crippen LogP contribution >= 0.6 is 0 Å². The minimum Gasteiger partial charge on any atom is -0.324 e. The molecule has 4 rings (SSSR count). The van der Waals surface area contributed by atoms with Gasteiger partial charge in [0.15, 0.2) is 0 Å². The highest BCUT2D eigenvalue weighted by molar-refractivity contribution is 5.86. The zero-order valence-electron chi connectivity index (χ0n) is 14.5. The molecule has 0 saturated heterocycles. The first-order valence-corrected chi connectivity index (χ1v) is 8.99. The van der Waals surface area contributed by atoms with Crippen LogP contribution in [0, 0.1) is 0 Å². The van der Waals surface area contributed by atoms with Gasteiger partial charge in [0, 0.05) is 12.0 Å². The van der Waals surface area contributed by atoms with Gasteiger partial charge in [0.25, 0.3) is 0 Å². The maximum atomic E-state index is 6.24. The van der Waals surface area contributed by atoms with E-state index in [1.807, 2.05) is 0 Å². The van der Waals surface area contributed by atoms with E-state index in [1.165, 1.54) is 33.4 Å². The Kier molecular flexibility index (Phi) is 3.90. The first-order valence-electron chi connectivity index (χ1n) is 8.99. The highest BCUT2D eigenvalue weighted by Gasteiger charge is 2.30. The van der Waals surface area contributed by atoms with Gasteiger partial charge in [0.2, 0.25) is 0 Å². The number of fused-ring (bicyclic) bond motifs is 3. The third-order valence-corrected chi connectivity index (χ3v) is 5.39. The van der Waals surface area contributed by atoms with Crippen molar-refractivity contribution < 1.29 is 0 Å². The topological polar surface area (TPSA) is 26.0 Å². The molecule has 2 aromatic rings. The predicted octanol–water partition coefficient (Wildman–Crippen LogP) is 5.19. The number of benzene rings is 2. The standard InChI is InChI=1S/C23H25N/c1-15(2)17-8-10-20-18(12-17)13-22(16-6-4-3-5-7-16)23-14-19(24)9-11-21(20)23/h3-8,10-12,14-15,19,22H,9,13,24H2,1-2H3. The Labute approximate surface area is 144 Å². The molecule has 2 N–H and O–H groups in total. The number of hydrogen-bond donors (Lipinski definition) is 1. The van der Waals surface area contributed by atoms with Gasteiger partial charge in [-0.1, -0.05) is 74.5 Å². The summed E-state index contributed by atoms with van der Waals surface area (Å²) < 4.78 is 0. The van der Waals surface area contributed by atoms with Gasteiger partial charge < -0.3 is 5.73 Å². The monoisotopic (exact) mass is 315 g/mol. The molecule has 0 aliphatic heterocycles. The fourth-order valence-electron chi connectivity index (χ4n) is 4.05. The molecule has 2 unspecified atom stereocenters. The van der Waals surface area contributed by atoms with Gasteiger partial charge >= 0.3 is 0 Å². The summed E-state index contributed by atoms with van der Waals surface area (Å²) in [5.74, 6) is 0.981. The van der Waals surface area contributed by atoms with Crippen LogP contribution < -0.4 is 5.73 Å². The average molecular weight is 315 g/mol. The van der Waals surface area contributed by atoms with Crippen molar-refractivity contribution >= 4 is 5.57 Å². The van der Waals surface area contributed by atoms with Gasteiger partial charge in [0.1, 0.15) is 0 Å². The van der Waals surface area contributed by atoms with Crippen LogP contribution in [-0.4, -0.2) is 6.04 Å². The molecule has 0 spiro atoms. The molecule has 2 aromatic carbocycles. The van der Waals surface area contributed by atoms with Gasteiger partial charge in [-0.05, 0) is 52.2 Å². The van der Waals surface area contributed by atoms with Crippen LogP contribution in [-0.2, 0) is 6.42 Å². The van der Waals surface area contributed by atoms with Gasteiger partial charge in [0.05, 0.1) is 0 Å². The second-order valence-electron chi connectivity index (χ2n) is 7.38. The molecule has 0 aromatic heterocycles. The van der Waals surface area contributed by atoms with Crippen LogP contribution in [0.25, 0.3) is 5.57 Å². The quantitative estimate of drug-likeness (QED) is 0.811. The molecular weight excluding hydrogens is 290 g/mol. The summed E-state index contributed by atoms with van der Waals surface area (Å²) >= 11 is 0. The molecule has 24 heavy (non-hydrogen) atoms. The lowest BCUT2D eigenvalue weighted by molar-refractivity contribution is 0.740. The van der Waals surface area contributed by atoms with Crippen molar-refractivity contribution in [1.82, 2.24) is 0 Å². The minimum atomic E-state index is 0.145. The molecule has 122 valence electrons. The van der Waals surface area contributed by atoms with E-state index in [9.17, 15) is 0 Å². The van der Waals surface area contributed by atoms with Crippen LogP contribution in [0.3, 0.4) is 0 Å². The molecule has 2 atom stereocenters. The highest BCUT2D eigenvalue weighted by atomic mass is 14.6. The molecule has 0 heterocycles. The van der Waals surface area contributed by atoms with Crippen LogP contribution in [0.2, 0.25) is 0 Å². The lowest BCUT2D eigenvalue weighted by Gasteiger charge is -2.34. The second kappa shape index (κ2) is 6.07. The van der Waals surface area contributed by atoms with Gasteiger partial charge in [-0.2, -0.15) is 0 Å². The number of allylic oxidation sites excluding steroid dienone is 2. The first-order chi connectivity index (χ1) is 11.6. The second-order valence-corrected chi connectivity index (χ2v) is 7.38. The van der Waals surface area contributed by atoms with Gasteiger partial charge in [-0.3, -0.25) is 0 Å². The lowest BCUT2D eigenvalue weighted by Crippen LogP contribution is -2.25. The van der Waals surface area contributed by atoms with Crippen LogP contribution in [0.5, 0.6) is 0 Å². The Hall–Kier alpha value is -2.12. The number of nitrogens with two attached hydrogens (primary N) is 1. The van der Waals surface area contributed by atoms with Crippen molar-refractivity contribution in [2.75, 3.05) is 0 Å². The third-order valence-electron chi connectivity index (χ3n) is 5.39. The molecule has 2 aliphatic carbocycles. The third kappa shape index (κ3) is 2.63. The van der Waals surface area contributed by atoms with Crippen molar-refractivity contribution in [3.8, 4) is 0 Å². The smallest absolute Gasteiger partial charge is 0.0265 e. The molecular formula is C23H25N. The molecule has 0 amide bonds. The van der Waals surface area contributed by atoms with Crippen molar-refractivity contribution in [3.05, 3.63) is 88.5 Å². The fourth-order valence-corrected chi connectivity index (χ4v) is 4.05. The summed E-state index contributed by atoms with van der Waals surface area (Å²) in [5, 5.41) is 0. The van der Waals surface area contributed by atoms with Crippen molar-refractivity contribution in [1.29, 1.82) is 0 Å². The van der Waals surface area contributed by atoms with E-state index in [0.29, 0.717) is 11.8 Å². The summed E-state index contributed by atoms with van der Waals surface area (Å²) in [7, 11) is 0. The Bertz CT molecular complexity index is 811. The lowest BCUT2D eigenvalue weighted by atomic mass is 9.70. The van der Waals surface area contributed by atoms with Crippen molar-refractivity contribution in [2.24, 2.45) is 5.73 Å². The summed E-state index contributed by atoms with van der Waals surface area (Å²) in [6, 6.07) is 18.1. The summed E-state index contributed by atoms with van der Waals surface area (Å²) in [5.41, 5.74) is 14.8. The summed E-state index contributed by atoms with van der Waals surface area (Å²) in [6.07, 6.45) is 6.65. The molecule has 0 saturated carbocycles. The van der Waals surface area contributed by atoms with E-state index in [1.54, 1.807) is 0 Å². The molecule has 0 fully saturated rings. The van der Waals surface area contributed by atoms with Gasteiger partial charge in [-0.15, -0.1) is 0 Å². The van der Waals surface area contributed by atoms with Crippen LogP contribution in [0.15, 0.2) is 66.3 Å². The number of rotatable bonds is 2. The SMILES string of the molecule is CC(C)c1ccc2c(c1)CC(c1ccccc1)C1=CC(N)CC=C12. The van der Waals surface area contributed by atoms with E-state index in [4.69, 9.17) is 5.73 Å². The molecule has 0 radical (unpaired) electrons. The van der Waals surface area contributed by atoms with Gasteiger partial charge in [-0.25, -0.2) is 0 Å². The molecule has 2 aliphatic rings. The Balaban J connectivity index is 1.86. The molecule has 1 heteroatoms. The Morgan fingerprint density at radius 2 is 1.83 bits per heavy atom. The Morgan fingerprint density at radius 3 is 2.58 bits per heavy atom.